The van der Waals surface area contributed by atoms with Gasteiger partial charge in [-0.25, -0.2) is 4.39 Å². The Labute approximate surface area is 116 Å². The van der Waals surface area contributed by atoms with Crippen LogP contribution in [0, 0.1) is 5.82 Å². The second kappa shape index (κ2) is 6.17. The summed E-state index contributed by atoms with van der Waals surface area (Å²) in [4.78, 5) is 13.6. The van der Waals surface area contributed by atoms with Gasteiger partial charge in [0.15, 0.2) is 0 Å². The molecule has 5 heteroatoms. The Morgan fingerprint density at radius 3 is 2.84 bits per heavy atom. The first kappa shape index (κ1) is 14.0. The molecule has 0 atom stereocenters. The van der Waals surface area contributed by atoms with E-state index in [9.17, 15) is 9.18 Å². The topological polar surface area (TPSA) is 40.5 Å². The van der Waals surface area contributed by atoms with Crippen molar-refractivity contribution in [3.8, 4) is 0 Å². The molecule has 1 aromatic carbocycles. The molecule has 1 aromatic rings. The van der Waals surface area contributed by atoms with Crippen molar-refractivity contribution in [1.29, 1.82) is 0 Å². The molecule has 1 amide bonds. The molecule has 1 fully saturated rings. The minimum atomic E-state index is -0.481. The molecule has 0 bridgehead atoms. The van der Waals surface area contributed by atoms with Crippen molar-refractivity contribution in [3.63, 3.8) is 0 Å². The summed E-state index contributed by atoms with van der Waals surface area (Å²) in [5, 5.41) is 8.97. The van der Waals surface area contributed by atoms with E-state index in [1.807, 2.05) is 0 Å². The molecule has 19 heavy (non-hydrogen) atoms. The third-order valence-corrected chi connectivity index (χ3v) is 3.26. The van der Waals surface area contributed by atoms with Gasteiger partial charge in [-0.2, -0.15) is 0 Å². The minimum absolute atomic E-state index is 0.0315. The average molecular weight is 284 g/mol. The van der Waals surface area contributed by atoms with Gasteiger partial charge in [0.2, 0.25) is 5.91 Å². The lowest BCUT2D eigenvalue weighted by Gasteiger charge is -2.19. The lowest BCUT2D eigenvalue weighted by molar-refractivity contribution is -0.127. The summed E-state index contributed by atoms with van der Waals surface area (Å²) in [6, 6.07) is 4.53. The van der Waals surface area contributed by atoms with Gasteiger partial charge in [0.05, 0.1) is 11.6 Å². The molecule has 0 heterocycles. The smallest absolute Gasteiger partial charge is 0.246 e. The molecule has 1 aliphatic carbocycles. The maximum absolute atomic E-state index is 13.0. The van der Waals surface area contributed by atoms with Crippen LogP contribution in [-0.4, -0.2) is 35.1 Å². The summed E-state index contributed by atoms with van der Waals surface area (Å²) >= 11 is 5.66. The molecular weight excluding hydrogens is 269 g/mol. The van der Waals surface area contributed by atoms with Crippen LogP contribution in [0.25, 0.3) is 6.08 Å². The van der Waals surface area contributed by atoms with Crippen molar-refractivity contribution in [1.82, 2.24) is 4.90 Å². The van der Waals surface area contributed by atoms with Gasteiger partial charge in [-0.15, -0.1) is 0 Å². The zero-order valence-corrected chi connectivity index (χ0v) is 11.1. The molecule has 2 rings (SSSR count). The largest absolute Gasteiger partial charge is 0.395 e. The van der Waals surface area contributed by atoms with E-state index in [1.165, 1.54) is 18.2 Å². The zero-order valence-electron chi connectivity index (χ0n) is 10.4. The van der Waals surface area contributed by atoms with Crippen molar-refractivity contribution in [3.05, 3.63) is 40.7 Å². The fourth-order valence-corrected chi connectivity index (χ4v) is 2.03. The van der Waals surface area contributed by atoms with Gasteiger partial charge in [-0.1, -0.05) is 17.7 Å². The fourth-order valence-electron chi connectivity index (χ4n) is 1.85. The first-order valence-corrected chi connectivity index (χ1v) is 6.54. The summed E-state index contributed by atoms with van der Waals surface area (Å²) < 4.78 is 13.0. The van der Waals surface area contributed by atoms with E-state index in [4.69, 9.17) is 16.7 Å². The van der Waals surface area contributed by atoms with Crippen molar-refractivity contribution in [2.45, 2.75) is 18.9 Å². The van der Waals surface area contributed by atoms with Gasteiger partial charge in [0.1, 0.15) is 5.82 Å². The summed E-state index contributed by atoms with van der Waals surface area (Å²) in [6.45, 7) is 0.302. The highest BCUT2D eigenvalue weighted by Gasteiger charge is 2.30. The molecular formula is C14H15ClFNO2. The average Bonchev–Trinajstić information content (AvgIpc) is 3.21. The number of halogens is 2. The third-order valence-electron chi connectivity index (χ3n) is 2.97. The number of aliphatic hydroxyl groups is 1. The molecule has 1 aliphatic rings. The van der Waals surface area contributed by atoms with Crippen molar-refractivity contribution < 1.29 is 14.3 Å². The third kappa shape index (κ3) is 3.78. The van der Waals surface area contributed by atoms with Crippen LogP contribution in [0.4, 0.5) is 4.39 Å². The van der Waals surface area contributed by atoms with Gasteiger partial charge in [-0.3, -0.25) is 4.79 Å². The van der Waals surface area contributed by atoms with Gasteiger partial charge < -0.3 is 10.0 Å². The van der Waals surface area contributed by atoms with Gasteiger partial charge in [-0.05, 0) is 36.6 Å². The van der Waals surface area contributed by atoms with Crippen LogP contribution in [0.3, 0.4) is 0 Å². The van der Waals surface area contributed by atoms with Crippen LogP contribution >= 0.6 is 11.6 Å². The number of aliphatic hydroxyl groups excluding tert-OH is 1. The van der Waals surface area contributed by atoms with Crippen molar-refractivity contribution in [2.75, 3.05) is 13.2 Å². The molecule has 0 radical (unpaired) electrons. The first-order valence-electron chi connectivity index (χ1n) is 6.16. The molecule has 0 spiro atoms. The quantitative estimate of drug-likeness (QED) is 0.844. The molecule has 0 unspecified atom stereocenters. The Balaban J connectivity index is 2.03. The normalized spacial score (nSPS) is 14.9. The van der Waals surface area contributed by atoms with Crippen LogP contribution in [0.2, 0.25) is 5.02 Å². The van der Waals surface area contributed by atoms with Gasteiger partial charge >= 0.3 is 0 Å². The second-order valence-corrected chi connectivity index (χ2v) is 4.90. The monoisotopic (exact) mass is 283 g/mol. The first-order chi connectivity index (χ1) is 9.11. The molecule has 0 aliphatic heterocycles. The lowest BCUT2D eigenvalue weighted by atomic mass is 10.2. The van der Waals surface area contributed by atoms with E-state index >= 15 is 0 Å². The van der Waals surface area contributed by atoms with Crippen LogP contribution < -0.4 is 0 Å². The maximum atomic E-state index is 13.0. The SMILES string of the molecule is O=C(/C=C/c1ccc(F)c(Cl)c1)N(CCO)C1CC1. The highest BCUT2D eigenvalue weighted by atomic mass is 35.5. The molecule has 102 valence electrons. The number of amides is 1. The van der Waals surface area contributed by atoms with E-state index in [2.05, 4.69) is 0 Å². The minimum Gasteiger partial charge on any atom is -0.395 e. The predicted octanol–water partition coefficient (Wildman–Crippen LogP) is 2.48. The number of carbonyl (C=O) groups is 1. The van der Waals surface area contributed by atoms with E-state index < -0.39 is 5.82 Å². The van der Waals surface area contributed by atoms with Crippen LogP contribution in [0.5, 0.6) is 0 Å². The van der Waals surface area contributed by atoms with Gasteiger partial charge in [0.25, 0.3) is 0 Å². The fraction of sp³-hybridized carbons (Fsp3) is 0.357. The summed E-state index contributed by atoms with van der Waals surface area (Å²) in [6.07, 6.45) is 5.00. The molecule has 1 N–H and O–H groups in total. The summed E-state index contributed by atoms with van der Waals surface area (Å²) in [5.41, 5.74) is 0.666. The Bertz CT molecular complexity index is 500. The second-order valence-electron chi connectivity index (χ2n) is 4.49. The number of benzene rings is 1. The summed E-state index contributed by atoms with van der Waals surface area (Å²) in [7, 11) is 0. The highest BCUT2D eigenvalue weighted by molar-refractivity contribution is 6.30. The van der Waals surface area contributed by atoms with Crippen LogP contribution in [-0.2, 0) is 4.79 Å². The number of carbonyl (C=O) groups excluding carboxylic acids is 1. The van der Waals surface area contributed by atoms with E-state index in [1.54, 1.807) is 17.0 Å². The van der Waals surface area contributed by atoms with Gasteiger partial charge in [0, 0.05) is 18.7 Å². The standard InChI is InChI=1S/C14H15ClFNO2/c15-12-9-10(1-5-13(12)16)2-6-14(19)17(7-8-18)11-3-4-11/h1-2,5-6,9,11,18H,3-4,7-8H2/b6-2+. The predicted molar refractivity (Wildman–Crippen MR) is 72.3 cm³/mol. The van der Waals surface area contributed by atoms with E-state index in [0.717, 1.165) is 12.8 Å². The van der Waals surface area contributed by atoms with Crippen molar-refractivity contribution in [2.24, 2.45) is 0 Å². The lowest BCUT2D eigenvalue weighted by Crippen LogP contribution is -2.34. The van der Waals surface area contributed by atoms with Crippen molar-refractivity contribution >= 4 is 23.6 Å². The summed E-state index contributed by atoms with van der Waals surface area (Å²) in [5.74, 6) is -0.623. The molecule has 1 saturated carbocycles. The molecule has 3 nitrogen and oxygen atoms in total. The van der Waals surface area contributed by atoms with E-state index in [-0.39, 0.29) is 23.6 Å². The number of hydrogen-bond acceptors (Lipinski definition) is 2. The maximum Gasteiger partial charge on any atom is 0.246 e. The molecule has 0 aromatic heterocycles. The Kier molecular flexibility index (Phi) is 4.56. The Morgan fingerprint density at radius 1 is 1.53 bits per heavy atom. The molecule has 0 saturated heterocycles. The van der Waals surface area contributed by atoms with Crippen LogP contribution in [0.15, 0.2) is 24.3 Å². The highest BCUT2D eigenvalue weighted by Crippen LogP contribution is 2.26. The van der Waals surface area contributed by atoms with Crippen LogP contribution in [0.1, 0.15) is 18.4 Å². The van der Waals surface area contributed by atoms with E-state index in [0.29, 0.717) is 12.1 Å². The Morgan fingerprint density at radius 2 is 2.26 bits per heavy atom. The number of nitrogens with zero attached hydrogens (tertiary/aromatic N) is 1. The Hall–Kier alpha value is -1.39. The number of hydrogen-bond donors (Lipinski definition) is 1. The zero-order chi connectivity index (χ0) is 13.8. The number of rotatable bonds is 5.